The number of ether oxygens (including phenoxy) is 1. The Balaban J connectivity index is 2.42. The van der Waals surface area contributed by atoms with Crippen molar-refractivity contribution >= 4 is 35.2 Å². The van der Waals surface area contributed by atoms with Crippen LogP contribution in [-0.2, 0) is 14.3 Å². The second-order valence-corrected chi connectivity index (χ2v) is 7.11. The van der Waals surface area contributed by atoms with Crippen molar-refractivity contribution in [1.82, 2.24) is 5.32 Å². The molecule has 0 aliphatic rings. The average molecular weight is 397 g/mol. The maximum atomic E-state index is 11.8. The highest BCUT2D eigenvalue weighted by atomic mass is 35.5. The summed E-state index contributed by atoms with van der Waals surface area (Å²) in [6.07, 6.45) is 5.45. The minimum atomic E-state index is -0.713. The fraction of sp³-hybridized carbons (Fsp3) is 0.474. The van der Waals surface area contributed by atoms with E-state index in [0.29, 0.717) is 11.5 Å². The highest BCUT2D eigenvalue weighted by Crippen LogP contribution is 2.25. The van der Waals surface area contributed by atoms with Crippen LogP contribution in [0.5, 0.6) is 0 Å². The molecular formula is C19H25ClN2O5. The minimum absolute atomic E-state index is 0.0129. The van der Waals surface area contributed by atoms with E-state index in [-0.39, 0.29) is 29.3 Å². The Hall–Kier alpha value is -2.41. The van der Waals surface area contributed by atoms with E-state index in [4.69, 9.17) is 16.3 Å². The first-order chi connectivity index (χ1) is 12.7. The summed E-state index contributed by atoms with van der Waals surface area (Å²) in [5.74, 6) is -0.450. The third-order valence-corrected chi connectivity index (χ3v) is 4.07. The Bertz CT molecular complexity index is 703. The lowest BCUT2D eigenvalue weighted by atomic mass is 10.0. The van der Waals surface area contributed by atoms with Crippen molar-refractivity contribution in [2.24, 2.45) is 5.92 Å². The number of nitro groups is 1. The van der Waals surface area contributed by atoms with E-state index in [2.05, 4.69) is 19.2 Å². The average Bonchev–Trinajstić information content (AvgIpc) is 2.58. The number of rotatable bonds is 10. The molecule has 0 bridgehead atoms. The third kappa shape index (κ3) is 9.19. The maximum Gasteiger partial charge on any atom is 0.331 e. The molecule has 148 valence electrons. The van der Waals surface area contributed by atoms with Crippen LogP contribution >= 0.6 is 11.6 Å². The van der Waals surface area contributed by atoms with Crippen LogP contribution in [0.15, 0.2) is 24.3 Å². The van der Waals surface area contributed by atoms with Crippen molar-refractivity contribution in [1.29, 1.82) is 0 Å². The van der Waals surface area contributed by atoms with Gasteiger partial charge in [0.05, 0.1) is 4.92 Å². The van der Waals surface area contributed by atoms with Crippen molar-refractivity contribution in [2.45, 2.75) is 46.1 Å². The van der Waals surface area contributed by atoms with Crippen LogP contribution < -0.4 is 5.32 Å². The Morgan fingerprint density at radius 3 is 2.63 bits per heavy atom. The quantitative estimate of drug-likeness (QED) is 0.277. The van der Waals surface area contributed by atoms with Crippen LogP contribution in [0.3, 0.4) is 0 Å². The Morgan fingerprint density at radius 1 is 1.30 bits per heavy atom. The highest BCUT2D eigenvalue weighted by molar-refractivity contribution is 6.32. The standard InChI is InChI=1S/C19H25ClN2O5/c1-13(2)5-4-6-14(3)21-18(23)12-27-19(24)10-8-15-7-9-16(20)17(11-15)22(25)26/h7-11,13-14H,4-6,12H2,1-3H3,(H,21,23)/b10-8+. The van der Waals surface area contributed by atoms with Crippen LogP contribution in [0, 0.1) is 16.0 Å². The van der Waals surface area contributed by atoms with Gasteiger partial charge in [-0.2, -0.15) is 0 Å². The summed E-state index contributed by atoms with van der Waals surface area (Å²) in [4.78, 5) is 33.7. The van der Waals surface area contributed by atoms with Gasteiger partial charge in [-0.3, -0.25) is 14.9 Å². The number of carbonyl (C=O) groups excluding carboxylic acids is 2. The monoisotopic (exact) mass is 396 g/mol. The van der Waals surface area contributed by atoms with Gasteiger partial charge in [-0.1, -0.05) is 44.4 Å². The van der Waals surface area contributed by atoms with E-state index in [9.17, 15) is 19.7 Å². The molecule has 0 aromatic heterocycles. The molecule has 27 heavy (non-hydrogen) atoms. The predicted octanol–water partition coefficient (Wildman–Crippen LogP) is 4.14. The third-order valence-electron chi connectivity index (χ3n) is 3.75. The molecule has 8 heteroatoms. The number of nitro benzene ring substituents is 1. The summed E-state index contributed by atoms with van der Waals surface area (Å²) in [7, 11) is 0. The number of benzene rings is 1. The van der Waals surface area contributed by atoms with Crippen molar-refractivity contribution in [3.8, 4) is 0 Å². The summed E-state index contributed by atoms with van der Waals surface area (Å²) in [5.41, 5.74) is 0.171. The molecule has 1 N–H and O–H groups in total. The maximum absolute atomic E-state index is 11.8. The van der Waals surface area contributed by atoms with Crippen molar-refractivity contribution in [3.63, 3.8) is 0 Å². The highest BCUT2D eigenvalue weighted by Gasteiger charge is 2.12. The van der Waals surface area contributed by atoms with Gasteiger partial charge >= 0.3 is 5.97 Å². The second kappa shape index (κ2) is 11.3. The summed E-state index contributed by atoms with van der Waals surface area (Å²) >= 11 is 5.73. The number of hydrogen-bond acceptors (Lipinski definition) is 5. The van der Waals surface area contributed by atoms with E-state index in [0.717, 1.165) is 25.3 Å². The van der Waals surface area contributed by atoms with Gasteiger partial charge in [0.15, 0.2) is 6.61 Å². The number of halogens is 1. The Kier molecular flexibility index (Phi) is 9.50. The number of hydrogen-bond donors (Lipinski definition) is 1. The Labute approximate surface area is 163 Å². The summed E-state index contributed by atoms with van der Waals surface area (Å²) < 4.78 is 4.87. The molecule has 1 amide bonds. The molecule has 1 atom stereocenters. The molecule has 0 saturated heterocycles. The molecule has 0 spiro atoms. The zero-order valence-corrected chi connectivity index (χ0v) is 16.5. The predicted molar refractivity (Wildman–Crippen MR) is 104 cm³/mol. The molecule has 1 aromatic rings. The first kappa shape index (κ1) is 22.6. The van der Waals surface area contributed by atoms with E-state index in [1.807, 2.05) is 6.92 Å². The topological polar surface area (TPSA) is 98.5 Å². The van der Waals surface area contributed by atoms with Gasteiger partial charge in [-0.05, 0) is 37.0 Å². The molecule has 1 aromatic carbocycles. The van der Waals surface area contributed by atoms with E-state index in [1.165, 1.54) is 24.3 Å². The Morgan fingerprint density at radius 2 is 2.00 bits per heavy atom. The number of nitrogens with one attached hydrogen (secondary N) is 1. The molecular weight excluding hydrogens is 372 g/mol. The number of nitrogens with zero attached hydrogens (tertiary/aromatic N) is 1. The molecule has 0 aliphatic carbocycles. The summed E-state index contributed by atoms with van der Waals surface area (Å²) in [5, 5.41) is 13.6. The fourth-order valence-electron chi connectivity index (χ4n) is 2.34. The van der Waals surface area contributed by atoms with Crippen molar-refractivity contribution in [2.75, 3.05) is 6.61 Å². The molecule has 7 nitrogen and oxygen atoms in total. The molecule has 1 unspecified atom stereocenters. The summed E-state index contributed by atoms with van der Waals surface area (Å²) in [6, 6.07) is 4.17. The molecule has 0 fully saturated rings. The van der Waals surface area contributed by atoms with Gasteiger partial charge in [-0.25, -0.2) is 4.79 Å². The lowest BCUT2D eigenvalue weighted by Gasteiger charge is -2.14. The largest absolute Gasteiger partial charge is 0.452 e. The van der Waals surface area contributed by atoms with Crippen LogP contribution in [0.2, 0.25) is 5.02 Å². The van der Waals surface area contributed by atoms with Crippen molar-refractivity contribution < 1.29 is 19.2 Å². The first-order valence-electron chi connectivity index (χ1n) is 8.77. The van der Waals surface area contributed by atoms with E-state index >= 15 is 0 Å². The SMILES string of the molecule is CC(C)CCCC(C)NC(=O)COC(=O)/C=C/c1ccc(Cl)c([N+](=O)[O-])c1. The molecule has 1 rings (SSSR count). The molecule has 0 radical (unpaired) electrons. The first-order valence-corrected chi connectivity index (χ1v) is 9.15. The van der Waals surface area contributed by atoms with Gasteiger partial charge in [-0.15, -0.1) is 0 Å². The van der Waals surface area contributed by atoms with Crippen LogP contribution in [0.25, 0.3) is 6.08 Å². The lowest BCUT2D eigenvalue weighted by Crippen LogP contribution is -2.35. The fourth-order valence-corrected chi connectivity index (χ4v) is 2.53. The van der Waals surface area contributed by atoms with Gasteiger partial charge < -0.3 is 10.1 Å². The molecule has 0 heterocycles. The minimum Gasteiger partial charge on any atom is -0.452 e. The van der Waals surface area contributed by atoms with Gasteiger partial charge in [0, 0.05) is 18.2 Å². The van der Waals surface area contributed by atoms with E-state index in [1.54, 1.807) is 0 Å². The molecule has 0 saturated carbocycles. The van der Waals surface area contributed by atoms with Crippen LogP contribution in [0.4, 0.5) is 5.69 Å². The number of amides is 1. The van der Waals surface area contributed by atoms with Crippen LogP contribution in [0.1, 0.15) is 45.6 Å². The van der Waals surface area contributed by atoms with E-state index < -0.39 is 10.9 Å². The summed E-state index contributed by atoms with van der Waals surface area (Å²) in [6.45, 7) is 5.84. The zero-order chi connectivity index (χ0) is 20.4. The van der Waals surface area contributed by atoms with Crippen LogP contribution in [-0.4, -0.2) is 29.4 Å². The zero-order valence-electron chi connectivity index (χ0n) is 15.7. The number of carbonyl (C=O) groups is 2. The van der Waals surface area contributed by atoms with Crippen molar-refractivity contribution in [3.05, 3.63) is 45.0 Å². The number of esters is 1. The van der Waals surface area contributed by atoms with Gasteiger partial charge in [0.1, 0.15) is 5.02 Å². The molecule has 0 aliphatic heterocycles. The van der Waals surface area contributed by atoms with Gasteiger partial charge in [0.25, 0.3) is 11.6 Å². The second-order valence-electron chi connectivity index (χ2n) is 6.70. The normalized spacial score (nSPS) is 12.2. The smallest absolute Gasteiger partial charge is 0.331 e. The van der Waals surface area contributed by atoms with Gasteiger partial charge in [0.2, 0.25) is 0 Å². The lowest BCUT2D eigenvalue weighted by molar-refractivity contribution is -0.384.